The molecule has 1 heterocycles. The highest BCUT2D eigenvalue weighted by molar-refractivity contribution is 5.92. The predicted octanol–water partition coefficient (Wildman–Crippen LogP) is 3.02. The molecule has 1 fully saturated rings. The molecule has 0 aliphatic carbocycles. The fraction of sp³-hybridized carbons (Fsp3) is 0.409. The molecule has 3 N–H and O–H groups in total. The summed E-state index contributed by atoms with van der Waals surface area (Å²) in [5, 5.41) is 3.11. The third-order valence-electron chi connectivity index (χ3n) is 5.02. The highest BCUT2D eigenvalue weighted by Crippen LogP contribution is 2.16. The lowest BCUT2D eigenvalue weighted by atomic mass is 10.2. The Hall–Kier alpha value is -2.73. The van der Waals surface area contributed by atoms with E-state index in [0.29, 0.717) is 5.96 Å². The molecule has 0 bridgehead atoms. The van der Waals surface area contributed by atoms with Gasteiger partial charge in [0.05, 0.1) is 7.11 Å². The van der Waals surface area contributed by atoms with Gasteiger partial charge in [0.15, 0.2) is 5.96 Å². The third-order valence-corrected chi connectivity index (χ3v) is 5.02. The van der Waals surface area contributed by atoms with Gasteiger partial charge in [0, 0.05) is 44.1 Å². The maximum absolute atomic E-state index is 5.96. The Labute approximate surface area is 168 Å². The van der Waals surface area contributed by atoms with Crippen molar-refractivity contribution in [3.8, 4) is 5.75 Å². The minimum Gasteiger partial charge on any atom is -0.497 e. The summed E-state index contributed by atoms with van der Waals surface area (Å²) in [6.07, 6.45) is 2.19. The Morgan fingerprint density at radius 2 is 1.71 bits per heavy atom. The van der Waals surface area contributed by atoms with E-state index in [1.807, 2.05) is 24.3 Å². The van der Waals surface area contributed by atoms with E-state index in [-0.39, 0.29) is 0 Å². The molecule has 6 nitrogen and oxygen atoms in total. The van der Waals surface area contributed by atoms with E-state index in [2.05, 4.69) is 50.4 Å². The average molecular weight is 382 g/mol. The molecule has 1 aliphatic rings. The number of ether oxygens (including phenoxy) is 1. The topological polar surface area (TPSA) is 66.1 Å². The number of nitrogens with two attached hydrogens (primary N) is 1. The number of rotatable bonds is 8. The van der Waals surface area contributed by atoms with E-state index in [0.717, 1.165) is 63.5 Å². The maximum Gasteiger partial charge on any atom is 0.193 e. The number of piperazine rings is 1. The molecular formula is C22H31N5O. The van der Waals surface area contributed by atoms with Crippen molar-refractivity contribution in [2.45, 2.75) is 12.8 Å². The van der Waals surface area contributed by atoms with Gasteiger partial charge in [-0.15, -0.1) is 0 Å². The second-order valence-corrected chi connectivity index (χ2v) is 6.99. The van der Waals surface area contributed by atoms with Crippen molar-refractivity contribution in [1.29, 1.82) is 0 Å². The van der Waals surface area contributed by atoms with E-state index in [9.17, 15) is 0 Å². The SMILES string of the molecule is COc1ccc(NC(N)=NCCCCN2CCN(c3ccccc3)CC2)cc1. The van der Waals surface area contributed by atoms with Crippen molar-refractivity contribution >= 4 is 17.3 Å². The van der Waals surface area contributed by atoms with Gasteiger partial charge in [0.1, 0.15) is 5.75 Å². The van der Waals surface area contributed by atoms with E-state index in [1.54, 1.807) is 7.11 Å². The zero-order valence-corrected chi connectivity index (χ0v) is 16.7. The highest BCUT2D eigenvalue weighted by Gasteiger charge is 2.16. The van der Waals surface area contributed by atoms with Crippen LogP contribution in [0.25, 0.3) is 0 Å². The minimum atomic E-state index is 0.460. The number of guanidine groups is 1. The van der Waals surface area contributed by atoms with Gasteiger partial charge in [0.25, 0.3) is 0 Å². The Balaban J connectivity index is 1.30. The van der Waals surface area contributed by atoms with Crippen LogP contribution in [0.1, 0.15) is 12.8 Å². The quantitative estimate of drug-likeness (QED) is 0.418. The molecule has 1 aliphatic heterocycles. The summed E-state index contributed by atoms with van der Waals surface area (Å²) >= 11 is 0. The summed E-state index contributed by atoms with van der Waals surface area (Å²) in [7, 11) is 1.65. The fourth-order valence-electron chi connectivity index (χ4n) is 3.38. The largest absolute Gasteiger partial charge is 0.497 e. The number of nitrogens with one attached hydrogen (secondary N) is 1. The zero-order chi connectivity index (χ0) is 19.6. The lowest BCUT2D eigenvalue weighted by molar-refractivity contribution is 0.253. The van der Waals surface area contributed by atoms with Crippen molar-refractivity contribution < 1.29 is 4.74 Å². The lowest BCUT2D eigenvalue weighted by Crippen LogP contribution is -2.46. The standard InChI is InChI=1S/C22H31N5O/c1-28-21-11-9-19(10-12-21)25-22(23)24-13-5-6-14-26-15-17-27(18-16-26)20-7-3-2-4-8-20/h2-4,7-12H,5-6,13-18H2,1H3,(H3,23,24,25). The normalized spacial score (nSPS) is 15.5. The molecule has 6 heteroatoms. The van der Waals surface area contributed by atoms with Crippen LogP contribution in [0.2, 0.25) is 0 Å². The van der Waals surface area contributed by atoms with Crippen LogP contribution in [0.3, 0.4) is 0 Å². The van der Waals surface area contributed by atoms with Crippen LogP contribution in [0.15, 0.2) is 59.6 Å². The van der Waals surface area contributed by atoms with Crippen LogP contribution in [0.5, 0.6) is 5.75 Å². The summed E-state index contributed by atoms with van der Waals surface area (Å²) < 4.78 is 5.15. The molecule has 0 spiro atoms. The number of methoxy groups -OCH3 is 1. The zero-order valence-electron chi connectivity index (χ0n) is 16.7. The fourth-order valence-corrected chi connectivity index (χ4v) is 3.38. The smallest absolute Gasteiger partial charge is 0.193 e. The molecule has 2 aromatic carbocycles. The average Bonchev–Trinajstić information content (AvgIpc) is 2.75. The van der Waals surface area contributed by atoms with E-state index >= 15 is 0 Å². The molecule has 28 heavy (non-hydrogen) atoms. The van der Waals surface area contributed by atoms with Crippen molar-refractivity contribution in [3.63, 3.8) is 0 Å². The molecule has 0 aromatic heterocycles. The van der Waals surface area contributed by atoms with E-state index in [1.165, 1.54) is 5.69 Å². The Bertz CT molecular complexity index is 724. The molecule has 2 aromatic rings. The Morgan fingerprint density at radius 1 is 1.00 bits per heavy atom. The van der Waals surface area contributed by atoms with Gasteiger partial charge >= 0.3 is 0 Å². The number of hydrogen-bond donors (Lipinski definition) is 2. The van der Waals surface area contributed by atoms with Crippen LogP contribution < -0.4 is 20.7 Å². The molecule has 0 unspecified atom stereocenters. The monoisotopic (exact) mass is 381 g/mol. The van der Waals surface area contributed by atoms with Crippen molar-refractivity contribution in [2.75, 3.05) is 56.6 Å². The first-order valence-electron chi connectivity index (χ1n) is 9.98. The van der Waals surface area contributed by atoms with Crippen molar-refractivity contribution in [1.82, 2.24) is 4.90 Å². The summed E-state index contributed by atoms with van der Waals surface area (Å²) in [4.78, 5) is 9.43. The number of unbranched alkanes of at least 4 members (excludes halogenated alkanes) is 1. The van der Waals surface area contributed by atoms with Gasteiger partial charge in [-0.1, -0.05) is 18.2 Å². The van der Waals surface area contributed by atoms with Crippen LogP contribution in [0, 0.1) is 0 Å². The highest BCUT2D eigenvalue weighted by atomic mass is 16.5. The molecule has 0 atom stereocenters. The predicted molar refractivity (Wildman–Crippen MR) is 117 cm³/mol. The first kappa shape index (κ1) is 20.0. The van der Waals surface area contributed by atoms with Gasteiger partial charge in [0.2, 0.25) is 0 Å². The van der Waals surface area contributed by atoms with Gasteiger partial charge in [-0.2, -0.15) is 0 Å². The van der Waals surface area contributed by atoms with Crippen LogP contribution in [-0.2, 0) is 0 Å². The first-order chi connectivity index (χ1) is 13.7. The summed E-state index contributed by atoms with van der Waals surface area (Å²) in [6.45, 7) is 6.32. The van der Waals surface area contributed by atoms with E-state index < -0.39 is 0 Å². The van der Waals surface area contributed by atoms with E-state index in [4.69, 9.17) is 10.5 Å². The van der Waals surface area contributed by atoms with Crippen LogP contribution in [-0.4, -0.2) is 57.2 Å². The second-order valence-electron chi connectivity index (χ2n) is 6.99. The van der Waals surface area contributed by atoms with Gasteiger partial charge < -0.3 is 20.7 Å². The van der Waals surface area contributed by atoms with Gasteiger partial charge in [-0.25, -0.2) is 0 Å². The Morgan fingerprint density at radius 3 is 2.39 bits per heavy atom. The lowest BCUT2D eigenvalue weighted by Gasteiger charge is -2.36. The van der Waals surface area contributed by atoms with Crippen molar-refractivity contribution in [3.05, 3.63) is 54.6 Å². The van der Waals surface area contributed by atoms with Crippen molar-refractivity contribution in [2.24, 2.45) is 10.7 Å². The van der Waals surface area contributed by atoms with Gasteiger partial charge in [-0.3, -0.25) is 9.89 Å². The molecule has 3 rings (SSSR count). The number of nitrogens with zero attached hydrogens (tertiary/aromatic N) is 3. The van der Waals surface area contributed by atoms with Crippen LogP contribution >= 0.6 is 0 Å². The number of hydrogen-bond acceptors (Lipinski definition) is 4. The molecule has 0 radical (unpaired) electrons. The Kier molecular flexibility index (Phi) is 7.55. The minimum absolute atomic E-state index is 0.460. The summed E-state index contributed by atoms with van der Waals surface area (Å²) in [5.74, 6) is 1.28. The summed E-state index contributed by atoms with van der Waals surface area (Å²) in [6, 6.07) is 18.3. The maximum atomic E-state index is 5.96. The molecule has 0 amide bonds. The second kappa shape index (κ2) is 10.6. The third kappa shape index (κ3) is 6.16. The van der Waals surface area contributed by atoms with Gasteiger partial charge in [-0.05, 0) is 55.8 Å². The van der Waals surface area contributed by atoms with Crippen LogP contribution in [0.4, 0.5) is 11.4 Å². The molecular weight excluding hydrogens is 350 g/mol. The number of anilines is 2. The molecule has 0 saturated carbocycles. The summed E-state index contributed by atoms with van der Waals surface area (Å²) in [5.41, 5.74) is 8.21. The number of aliphatic imine (C=N–C) groups is 1. The first-order valence-corrected chi connectivity index (χ1v) is 9.98. The number of para-hydroxylation sites is 1. The molecule has 150 valence electrons. The number of benzene rings is 2. The molecule has 1 saturated heterocycles.